The van der Waals surface area contributed by atoms with E-state index in [1.54, 1.807) is 48.8 Å². The van der Waals surface area contributed by atoms with E-state index in [-0.39, 0.29) is 24.2 Å². The Morgan fingerprint density at radius 3 is 2.67 bits per heavy atom. The molecule has 2 atom stereocenters. The summed E-state index contributed by atoms with van der Waals surface area (Å²) in [6, 6.07) is 13.4. The van der Waals surface area contributed by atoms with Crippen molar-refractivity contribution in [2.45, 2.75) is 25.0 Å². The van der Waals surface area contributed by atoms with E-state index in [0.29, 0.717) is 30.9 Å². The molecule has 1 fully saturated rings. The Labute approximate surface area is 173 Å². The lowest BCUT2D eigenvalue weighted by Crippen LogP contribution is -2.28. The first-order valence-corrected chi connectivity index (χ1v) is 9.88. The van der Waals surface area contributed by atoms with Gasteiger partial charge in [-0.2, -0.15) is 0 Å². The first-order valence-electron chi connectivity index (χ1n) is 9.88. The minimum absolute atomic E-state index is 0.0302. The molecule has 156 valence electrons. The Hall–Kier alpha value is -3.26. The standard InChI is InChI=1S/C22H23FN4O3/c23-19-5-1-16(2-6-19)18-9-11-26(13-18)22(29)17-3-7-21(8-4-17)30-15-20(28)14-27-12-10-24-25-27/h1-8,10,12,18,20,28H,9,11,13-15H2/t18-,20+/m0/s1. The van der Waals surface area contributed by atoms with Crippen molar-refractivity contribution in [3.8, 4) is 5.75 Å². The molecule has 2 heterocycles. The maximum Gasteiger partial charge on any atom is 0.253 e. The van der Waals surface area contributed by atoms with Crippen molar-refractivity contribution < 1.29 is 19.0 Å². The van der Waals surface area contributed by atoms with Crippen LogP contribution in [0.3, 0.4) is 0 Å². The highest BCUT2D eigenvalue weighted by Crippen LogP contribution is 2.28. The molecule has 1 aliphatic heterocycles. The predicted octanol–water partition coefficient (Wildman–Crippen LogP) is 2.49. The summed E-state index contributed by atoms with van der Waals surface area (Å²) in [6.45, 7) is 1.70. The van der Waals surface area contributed by atoms with Gasteiger partial charge in [0.1, 0.15) is 24.3 Å². The molecule has 1 N–H and O–H groups in total. The molecular weight excluding hydrogens is 387 g/mol. The maximum atomic E-state index is 13.1. The number of hydrogen-bond acceptors (Lipinski definition) is 5. The molecule has 1 amide bonds. The topological polar surface area (TPSA) is 80.5 Å². The second kappa shape index (κ2) is 9.04. The van der Waals surface area contributed by atoms with Crippen LogP contribution in [0.2, 0.25) is 0 Å². The molecule has 0 aliphatic carbocycles. The van der Waals surface area contributed by atoms with Gasteiger partial charge in [0.05, 0.1) is 12.7 Å². The fraction of sp³-hybridized carbons (Fsp3) is 0.318. The maximum absolute atomic E-state index is 13.1. The number of aliphatic hydroxyl groups excluding tert-OH is 1. The van der Waals surface area contributed by atoms with Crippen molar-refractivity contribution in [2.24, 2.45) is 0 Å². The molecule has 3 aromatic rings. The van der Waals surface area contributed by atoms with Crippen molar-refractivity contribution in [3.63, 3.8) is 0 Å². The van der Waals surface area contributed by atoms with Gasteiger partial charge in [-0.3, -0.25) is 4.79 Å². The smallest absolute Gasteiger partial charge is 0.253 e. The summed E-state index contributed by atoms with van der Waals surface area (Å²) in [5.41, 5.74) is 1.64. The van der Waals surface area contributed by atoms with Gasteiger partial charge in [0.2, 0.25) is 0 Å². The van der Waals surface area contributed by atoms with Crippen LogP contribution in [0.1, 0.15) is 28.3 Å². The van der Waals surface area contributed by atoms with Gasteiger partial charge in [-0.25, -0.2) is 9.07 Å². The van der Waals surface area contributed by atoms with Crippen molar-refractivity contribution in [2.75, 3.05) is 19.7 Å². The van der Waals surface area contributed by atoms with E-state index < -0.39 is 6.10 Å². The fourth-order valence-corrected chi connectivity index (χ4v) is 3.62. The van der Waals surface area contributed by atoms with E-state index in [4.69, 9.17) is 4.74 Å². The van der Waals surface area contributed by atoms with Crippen molar-refractivity contribution >= 4 is 5.91 Å². The minimum atomic E-state index is -0.721. The lowest BCUT2D eigenvalue weighted by molar-refractivity contribution is 0.0789. The van der Waals surface area contributed by atoms with Crippen molar-refractivity contribution in [1.29, 1.82) is 0 Å². The molecule has 7 nitrogen and oxygen atoms in total. The highest BCUT2D eigenvalue weighted by Gasteiger charge is 2.28. The third-order valence-corrected chi connectivity index (χ3v) is 5.23. The number of rotatable bonds is 7. The molecule has 1 aromatic heterocycles. The van der Waals surface area contributed by atoms with Crippen LogP contribution in [0, 0.1) is 5.82 Å². The molecule has 0 bridgehead atoms. The first kappa shape index (κ1) is 20.0. The number of amides is 1. The second-order valence-electron chi connectivity index (χ2n) is 7.40. The summed E-state index contributed by atoms with van der Waals surface area (Å²) >= 11 is 0. The zero-order chi connectivity index (χ0) is 20.9. The summed E-state index contributed by atoms with van der Waals surface area (Å²) in [5, 5.41) is 17.5. The van der Waals surface area contributed by atoms with Crippen LogP contribution in [0.4, 0.5) is 4.39 Å². The zero-order valence-electron chi connectivity index (χ0n) is 16.4. The van der Waals surface area contributed by atoms with Crippen LogP contribution in [0.5, 0.6) is 5.75 Å². The average Bonchev–Trinajstić information content (AvgIpc) is 3.45. The number of halogens is 1. The van der Waals surface area contributed by atoms with Crippen LogP contribution >= 0.6 is 0 Å². The lowest BCUT2D eigenvalue weighted by atomic mass is 9.99. The summed E-state index contributed by atoms with van der Waals surface area (Å²) in [6.07, 6.45) is 3.36. The van der Waals surface area contributed by atoms with Gasteiger partial charge in [0.25, 0.3) is 5.91 Å². The SMILES string of the molecule is O=C(c1ccc(OC[C@H](O)Cn2ccnn2)cc1)N1CC[C@H](c2ccc(F)cc2)C1. The largest absolute Gasteiger partial charge is 0.491 e. The number of hydrogen-bond donors (Lipinski definition) is 1. The van der Waals surface area contributed by atoms with Crippen LogP contribution in [-0.4, -0.2) is 56.7 Å². The van der Waals surface area contributed by atoms with E-state index in [1.165, 1.54) is 16.8 Å². The third-order valence-electron chi connectivity index (χ3n) is 5.23. The Balaban J connectivity index is 1.29. The van der Waals surface area contributed by atoms with Crippen molar-refractivity contribution in [3.05, 3.63) is 77.9 Å². The second-order valence-corrected chi connectivity index (χ2v) is 7.40. The normalized spacial score (nSPS) is 17.1. The minimum Gasteiger partial charge on any atom is -0.491 e. The van der Waals surface area contributed by atoms with Crippen LogP contribution in [0.15, 0.2) is 60.9 Å². The summed E-state index contributed by atoms with van der Waals surface area (Å²) in [4.78, 5) is 14.6. The molecule has 0 spiro atoms. The number of benzene rings is 2. The fourth-order valence-electron chi connectivity index (χ4n) is 3.62. The number of likely N-dealkylation sites (tertiary alicyclic amines) is 1. The quantitative estimate of drug-likeness (QED) is 0.647. The monoisotopic (exact) mass is 410 g/mol. The number of aliphatic hydroxyl groups is 1. The number of aromatic nitrogens is 3. The molecule has 2 aromatic carbocycles. The Bertz CT molecular complexity index is 961. The first-order chi connectivity index (χ1) is 14.6. The zero-order valence-corrected chi connectivity index (χ0v) is 16.4. The van der Waals surface area contributed by atoms with Crippen molar-refractivity contribution in [1.82, 2.24) is 19.9 Å². The molecule has 4 rings (SSSR count). The molecule has 0 saturated carbocycles. The molecule has 30 heavy (non-hydrogen) atoms. The number of ether oxygens (including phenoxy) is 1. The molecule has 1 saturated heterocycles. The molecule has 8 heteroatoms. The highest BCUT2D eigenvalue weighted by molar-refractivity contribution is 5.94. The summed E-state index contributed by atoms with van der Waals surface area (Å²) < 4.78 is 20.2. The van der Waals surface area contributed by atoms with E-state index in [2.05, 4.69) is 10.3 Å². The average molecular weight is 410 g/mol. The van der Waals surface area contributed by atoms with Gasteiger partial charge in [-0.05, 0) is 48.4 Å². The Morgan fingerprint density at radius 1 is 1.20 bits per heavy atom. The summed E-state index contributed by atoms with van der Waals surface area (Å²) in [5.74, 6) is 0.522. The Morgan fingerprint density at radius 2 is 1.97 bits per heavy atom. The van der Waals surface area contributed by atoms with Crippen LogP contribution < -0.4 is 4.74 Å². The number of carbonyl (C=O) groups excluding carboxylic acids is 1. The summed E-state index contributed by atoms with van der Waals surface area (Å²) in [7, 11) is 0. The van der Waals surface area contributed by atoms with E-state index in [9.17, 15) is 14.3 Å². The van der Waals surface area contributed by atoms with Gasteiger partial charge in [-0.15, -0.1) is 5.10 Å². The Kier molecular flexibility index (Phi) is 6.04. The van der Waals surface area contributed by atoms with E-state index >= 15 is 0 Å². The van der Waals surface area contributed by atoms with E-state index in [0.717, 1.165) is 12.0 Å². The lowest BCUT2D eigenvalue weighted by Gasteiger charge is -2.17. The van der Waals surface area contributed by atoms with Gasteiger partial charge in [0.15, 0.2) is 0 Å². The van der Waals surface area contributed by atoms with Gasteiger partial charge < -0.3 is 14.7 Å². The van der Waals surface area contributed by atoms with Gasteiger partial charge in [0, 0.05) is 30.8 Å². The number of nitrogens with zero attached hydrogens (tertiary/aromatic N) is 4. The number of carbonyl (C=O) groups is 1. The van der Waals surface area contributed by atoms with Crippen LogP contribution in [0.25, 0.3) is 0 Å². The van der Waals surface area contributed by atoms with Crippen LogP contribution in [-0.2, 0) is 6.54 Å². The molecule has 0 radical (unpaired) electrons. The molecule has 0 unspecified atom stereocenters. The van der Waals surface area contributed by atoms with Gasteiger partial charge in [-0.1, -0.05) is 17.3 Å². The molecular formula is C22H23FN4O3. The predicted molar refractivity (Wildman–Crippen MR) is 108 cm³/mol. The molecule has 1 aliphatic rings. The van der Waals surface area contributed by atoms with Gasteiger partial charge >= 0.3 is 0 Å². The van der Waals surface area contributed by atoms with E-state index in [1.807, 2.05) is 4.90 Å². The highest BCUT2D eigenvalue weighted by atomic mass is 19.1. The third kappa shape index (κ3) is 4.83.